The molecule has 1 unspecified atom stereocenters. The van der Waals surface area contributed by atoms with E-state index in [1.54, 1.807) is 11.1 Å². The lowest BCUT2D eigenvalue weighted by molar-refractivity contribution is -0.187. The molecule has 2 saturated heterocycles. The van der Waals surface area contributed by atoms with Crippen molar-refractivity contribution in [1.82, 2.24) is 9.80 Å². The lowest BCUT2D eigenvalue weighted by Gasteiger charge is -2.39. The van der Waals surface area contributed by atoms with E-state index >= 15 is 0 Å². The first kappa shape index (κ1) is 17.2. The summed E-state index contributed by atoms with van der Waals surface area (Å²) in [5, 5.41) is 0. The summed E-state index contributed by atoms with van der Waals surface area (Å²) >= 11 is 0. The van der Waals surface area contributed by atoms with Gasteiger partial charge in [0.1, 0.15) is 0 Å². The zero-order valence-corrected chi connectivity index (χ0v) is 15.0. The Hall–Kier alpha value is -2.18. The summed E-state index contributed by atoms with van der Waals surface area (Å²) in [7, 11) is 0. The Balaban J connectivity index is 1.47. The third-order valence-electron chi connectivity index (χ3n) is 5.53. The SMILES string of the molecule is CC(=O)N1C=Cc2ccccc2C1CC(=O)N1CCC2(CC1)OCCO2. The molecule has 4 rings (SSSR count). The van der Waals surface area contributed by atoms with E-state index < -0.39 is 5.79 Å². The molecule has 6 nitrogen and oxygen atoms in total. The molecule has 0 bridgehead atoms. The van der Waals surface area contributed by atoms with Gasteiger partial charge in [0.25, 0.3) is 0 Å². The molecule has 1 atom stereocenters. The first-order valence-electron chi connectivity index (χ1n) is 9.20. The number of rotatable bonds is 2. The van der Waals surface area contributed by atoms with E-state index in [4.69, 9.17) is 9.47 Å². The molecular weight excluding hydrogens is 332 g/mol. The Labute approximate surface area is 153 Å². The maximum absolute atomic E-state index is 12.9. The van der Waals surface area contributed by atoms with Crippen molar-refractivity contribution in [2.75, 3.05) is 26.3 Å². The largest absolute Gasteiger partial charge is 0.347 e. The van der Waals surface area contributed by atoms with Gasteiger partial charge in [-0.15, -0.1) is 0 Å². The summed E-state index contributed by atoms with van der Waals surface area (Å²) in [6, 6.07) is 7.68. The number of piperidine rings is 1. The maximum atomic E-state index is 12.9. The van der Waals surface area contributed by atoms with Gasteiger partial charge in [-0.1, -0.05) is 24.3 Å². The van der Waals surface area contributed by atoms with Crippen LogP contribution in [0.25, 0.3) is 6.08 Å². The Bertz CT molecular complexity index is 729. The van der Waals surface area contributed by atoms with Crippen molar-refractivity contribution >= 4 is 17.9 Å². The topological polar surface area (TPSA) is 59.1 Å². The van der Waals surface area contributed by atoms with Gasteiger partial charge >= 0.3 is 0 Å². The van der Waals surface area contributed by atoms with Crippen LogP contribution in [0, 0.1) is 0 Å². The molecule has 0 aliphatic carbocycles. The van der Waals surface area contributed by atoms with Crippen molar-refractivity contribution in [2.45, 2.75) is 38.0 Å². The molecule has 0 N–H and O–H groups in total. The molecule has 26 heavy (non-hydrogen) atoms. The Morgan fingerprint density at radius 2 is 1.85 bits per heavy atom. The van der Waals surface area contributed by atoms with Crippen LogP contribution in [0.5, 0.6) is 0 Å². The van der Waals surface area contributed by atoms with Crippen LogP contribution in [0.4, 0.5) is 0 Å². The van der Waals surface area contributed by atoms with Crippen LogP contribution in [-0.2, 0) is 19.1 Å². The predicted octanol–water partition coefficient (Wildman–Crippen LogP) is 2.32. The van der Waals surface area contributed by atoms with Crippen LogP contribution in [0.15, 0.2) is 30.5 Å². The molecule has 138 valence electrons. The first-order valence-corrected chi connectivity index (χ1v) is 9.20. The van der Waals surface area contributed by atoms with Crippen LogP contribution >= 0.6 is 0 Å². The smallest absolute Gasteiger partial charge is 0.225 e. The van der Waals surface area contributed by atoms with Crippen molar-refractivity contribution in [3.63, 3.8) is 0 Å². The predicted molar refractivity (Wildman–Crippen MR) is 95.8 cm³/mol. The average molecular weight is 356 g/mol. The highest BCUT2D eigenvalue weighted by atomic mass is 16.7. The van der Waals surface area contributed by atoms with Crippen molar-refractivity contribution in [1.29, 1.82) is 0 Å². The zero-order valence-electron chi connectivity index (χ0n) is 15.0. The van der Waals surface area contributed by atoms with Gasteiger partial charge in [0.15, 0.2) is 5.79 Å². The molecule has 0 radical (unpaired) electrons. The monoisotopic (exact) mass is 356 g/mol. The van der Waals surface area contributed by atoms with E-state index in [-0.39, 0.29) is 24.3 Å². The van der Waals surface area contributed by atoms with E-state index in [2.05, 4.69) is 0 Å². The summed E-state index contributed by atoms with van der Waals surface area (Å²) in [5.41, 5.74) is 2.09. The number of benzene rings is 1. The fourth-order valence-electron chi connectivity index (χ4n) is 4.09. The van der Waals surface area contributed by atoms with Crippen LogP contribution in [0.1, 0.15) is 43.4 Å². The second kappa shape index (κ2) is 6.85. The molecule has 0 aromatic heterocycles. The van der Waals surface area contributed by atoms with Crippen LogP contribution in [-0.4, -0.2) is 53.7 Å². The molecule has 3 aliphatic rings. The lowest BCUT2D eigenvalue weighted by Crippen LogP contribution is -2.48. The van der Waals surface area contributed by atoms with Gasteiger partial charge < -0.3 is 19.3 Å². The van der Waals surface area contributed by atoms with Crippen molar-refractivity contribution < 1.29 is 19.1 Å². The van der Waals surface area contributed by atoms with Gasteiger partial charge in [0, 0.05) is 39.1 Å². The van der Waals surface area contributed by atoms with Gasteiger partial charge in [0.2, 0.25) is 11.8 Å². The van der Waals surface area contributed by atoms with E-state index in [9.17, 15) is 9.59 Å². The molecule has 0 saturated carbocycles. The van der Waals surface area contributed by atoms with Crippen LogP contribution in [0.2, 0.25) is 0 Å². The van der Waals surface area contributed by atoms with Gasteiger partial charge in [-0.3, -0.25) is 9.59 Å². The fourth-order valence-corrected chi connectivity index (χ4v) is 4.09. The Kier molecular flexibility index (Phi) is 4.54. The molecule has 2 fully saturated rings. The molecule has 1 aromatic rings. The van der Waals surface area contributed by atoms with E-state index in [1.165, 1.54) is 6.92 Å². The molecule has 3 aliphatic heterocycles. The summed E-state index contributed by atoms with van der Waals surface area (Å²) in [4.78, 5) is 28.5. The van der Waals surface area contributed by atoms with Gasteiger partial charge in [-0.25, -0.2) is 0 Å². The van der Waals surface area contributed by atoms with Crippen molar-refractivity contribution in [3.05, 3.63) is 41.6 Å². The summed E-state index contributed by atoms with van der Waals surface area (Å²) in [5.74, 6) is -0.472. The van der Waals surface area contributed by atoms with Crippen LogP contribution < -0.4 is 0 Å². The summed E-state index contributed by atoms with van der Waals surface area (Å²) in [6.07, 6.45) is 5.41. The molecule has 1 aromatic carbocycles. The highest BCUT2D eigenvalue weighted by molar-refractivity contribution is 5.82. The molecule has 1 spiro atoms. The molecule has 2 amide bonds. The Morgan fingerprint density at radius 3 is 2.54 bits per heavy atom. The van der Waals surface area contributed by atoms with E-state index in [0.29, 0.717) is 39.1 Å². The maximum Gasteiger partial charge on any atom is 0.225 e. The average Bonchev–Trinajstić information content (AvgIpc) is 3.10. The fraction of sp³-hybridized carbons (Fsp3) is 0.500. The minimum absolute atomic E-state index is 0.0566. The summed E-state index contributed by atoms with van der Waals surface area (Å²) in [6.45, 7) is 4.06. The van der Waals surface area contributed by atoms with Gasteiger partial charge in [-0.05, 0) is 17.2 Å². The number of carbonyl (C=O) groups excluding carboxylic acids is 2. The highest BCUT2D eigenvalue weighted by Crippen LogP contribution is 2.35. The molecular formula is C20H24N2O4. The Morgan fingerprint density at radius 1 is 1.15 bits per heavy atom. The lowest BCUT2D eigenvalue weighted by atomic mass is 9.93. The van der Waals surface area contributed by atoms with Crippen LogP contribution in [0.3, 0.4) is 0 Å². The van der Waals surface area contributed by atoms with Gasteiger partial charge in [0.05, 0.1) is 25.7 Å². The number of nitrogens with zero attached hydrogens (tertiary/aromatic N) is 2. The van der Waals surface area contributed by atoms with Gasteiger partial charge in [-0.2, -0.15) is 0 Å². The quantitative estimate of drug-likeness (QED) is 0.816. The van der Waals surface area contributed by atoms with E-state index in [0.717, 1.165) is 11.1 Å². The zero-order chi connectivity index (χ0) is 18.1. The number of ether oxygens (including phenoxy) is 2. The normalized spacial score (nSPS) is 24.0. The summed E-state index contributed by atoms with van der Waals surface area (Å²) < 4.78 is 11.5. The number of amides is 2. The minimum Gasteiger partial charge on any atom is -0.347 e. The second-order valence-electron chi connectivity index (χ2n) is 7.08. The van der Waals surface area contributed by atoms with Crippen molar-refractivity contribution in [3.8, 4) is 0 Å². The number of hydrogen-bond acceptors (Lipinski definition) is 4. The number of carbonyl (C=O) groups is 2. The van der Waals surface area contributed by atoms with Crippen molar-refractivity contribution in [2.24, 2.45) is 0 Å². The highest BCUT2D eigenvalue weighted by Gasteiger charge is 2.41. The molecule has 3 heterocycles. The number of hydrogen-bond donors (Lipinski definition) is 0. The second-order valence-corrected chi connectivity index (χ2v) is 7.08. The first-order chi connectivity index (χ1) is 12.6. The molecule has 6 heteroatoms. The third-order valence-corrected chi connectivity index (χ3v) is 5.53. The third kappa shape index (κ3) is 3.15. The minimum atomic E-state index is -0.484. The standard InChI is InChI=1S/C20H24N2O4/c1-15(23)22-9-6-16-4-2-3-5-17(16)18(22)14-19(24)21-10-7-20(8-11-21)25-12-13-26-20/h2-6,9,18H,7-8,10-14H2,1H3. The van der Waals surface area contributed by atoms with E-state index in [1.807, 2.05) is 35.2 Å². The number of fused-ring (bicyclic) bond motifs is 1. The number of likely N-dealkylation sites (tertiary alicyclic amines) is 1.